The van der Waals surface area contributed by atoms with Crippen molar-refractivity contribution in [3.8, 4) is 0 Å². The number of benzene rings is 2. The molecule has 1 amide bonds. The lowest BCUT2D eigenvalue weighted by molar-refractivity contribution is 0.0951. The van der Waals surface area contributed by atoms with Gasteiger partial charge >= 0.3 is 0 Å². The second-order valence-corrected chi connectivity index (χ2v) is 4.75. The van der Waals surface area contributed by atoms with Gasteiger partial charge in [0.2, 0.25) is 0 Å². The summed E-state index contributed by atoms with van der Waals surface area (Å²) in [5, 5.41) is 12.1. The molecule has 0 bridgehead atoms. The third-order valence-electron chi connectivity index (χ3n) is 2.90. The Hall–Kier alpha value is -2.04. The van der Waals surface area contributed by atoms with E-state index in [2.05, 4.69) is 5.32 Å². The van der Waals surface area contributed by atoms with Crippen molar-refractivity contribution in [3.05, 3.63) is 64.2 Å². The molecular weight excluding hydrogens is 276 g/mol. The lowest BCUT2D eigenvalue weighted by atomic mass is 10.1. The summed E-state index contributed by atoms with van der Waals surface area (Å²) in [4.78, 5) is 12.0. The van der Waals surface area contributed by atoms with Gasteiger partial charge in [-0.3, -0.25) is 4.79 Å². The molecule has 2 aromatic carbocycles. The first-order chi connectivity index (χ1) is 9.61. The smallest absolute Gasteiger partial charge is 0.253 e. The minimum absolute atomic E-state index is 0.0250. The molecule has 0 saturated carbocycles. The maximum absolute atomic E-state index is 12.0. The van der Waals surface area contributed by atoms with E-state index in [1.54, 1.807) is 18.2 Å². The average Bonchev–Trinajstić information content (AvgIpc) is 2.48. The SMILES string of the molecule is Nc1cccc(C(=O)NCc2cccc(CO)c2)c1Cl. The first-order valence-electron chi connectivity index (χ1n) is 6.12. The van der Waals surface area contributed by atoms with Gasteiger partial charge in [-0.2, -0.15) is 0 Å². The standard InChI is InChI=1S/C15H15ClN2O2/c16-14-12(5-2-6-13(14)17)15(20)18-8-10-3-1-4-11(7-10)9-19/h1-7,19H,8-9,17H2,(H,18,20). The topological polar surface area (TPSA) is 75.4 Å². The van der Waals surface area contributed by atoms with Gasteiger partial charge in [0.05, 0.1) is 22.9 Å². The molecule has 0 fully saturated rings. The normalized spacial score (nSPS) is 10.3. The van der Waals surface area contributed by atoms with E-state index in [-0.39, 0.29) is 17.5 Å². The highest BCUT2D eigenvalue weighted by molar-refractivity contribution is 6.36. The number of anilines is 1. The van der Waals surface area contributed by atoms with Gasteiger partial charge in [0.1, 0.15) is 0 Å². The molecule has 0 unspecified atom stereocenters. The molecule has 4 nitrogen and oxygen atoms in total. The summed E-state index contributed by atoms with van der Waals surface area (Å²) in [7, 11) is 0. The maximum atomic E-state index is 12.0. The van der Waals surface area contributed by atoms with Crippen LogP contribution in [-0.4, -0.2) is 11.0 Å². The Bertz CT molecular complexity index is 629. The van der Waals surface area contributed by atoms with Crippen LogP contribution in [0.15, 0.2) is 42.5 Å². The van der Waals surface area contributed by atoms with E-state index < -0.39 is 0 Å². The molecule has 2 aromatic rings. The number of nitrogens with one attached hydrogen (secondary N) is 1. The Kier molecular flexibility index (Phi) is 4.61. The Balaban J connectivity index is 2.06. The molecule has 5 heteroatoms. The summed E-state index contributed by atoms with van der Waals surface area (Å²) < 4.78 is 0. The van der Waals surface area contributed by atoms with Gasteiger partial charge in [-0.05, 0) is 23.3 Å². The van der Waals surface area contributed by atoms with Crippen LogP contribution in [0.2, 0.25) is 5.02 Å². The van der Waals surface area contributed by atoms with E-state index in [0.29, 0.717) is 17.8 Å². The Morgan fingerprint density at radius 1 is 1.20 bits per heavy atom. The van der Waals surface area contributed by atoms with Crippen LogP contribution in [0.4, 0.5) is 5.69 Å². The average molecular weight is 291 g/mol. The van der Waals surface area contributed by atoms with Crippen LogP contribution >= 0.6 is 11.6 Å². The number of halogens is 1. The molecule has 0 aliphatic rings. The molecule has 0 saturated heterocycles. The van der Waals surface area contributed by atoms with Crippen molar-refractivity contribution in [2.45, 2.75) is 13.2 Å². The minimum atomic E-state index is -0.281. The zero-order chi connectivity index (χ0) is 14.5. The molecule has 0 aliphatic carbocycles. The minimum Gasteiger partial charge on any atom is -0.398 e. The maximum Gasteiger partial charge on any atom is 0.253 e. The second-order valence-electron chi connectivity index (χ2n) is 4.37. The molecule has 0 aromatic heterocycles. The van der Waals surface area contributed by atoms with Crippen molar-refractivity contribution in [1.29, 1.82) is 0 Å². The summed E-state index contributed by atoms with van der Waals surface area (Å²) in [6, 6.07) is 12.3. The number of aliphatic hydroxyl groups excluding tert-OH is 1. The molecule has 0 radical (unpaired) electrons. The molecule has 4 N–H and O–H groups in total. The van der Waals surface area contributed by atoms with Crippen molar-refractivity contribution in [2.24, 2.45) is 0 Å². The van der Waals surface area contributed by atoms with Gasteiger partial charge in [-0.15, -0.1) is 0 Å². The van der Waals surface area contributed by atoms with Gasteiger partial charge in [0.25, 0.3) is 5.91 Å². The van der Waals surface area contributed by atoms with E-state index in [1.807, 2.05) is 24.3 Å². The van der Waals surface area contributed by atoms with E-state index in [4.69, 9.17) is 22.4 Å². The highest BCUT2D eigenvalue weighted by atomic mass is 35.5. The molecule has 20 heavy (non-hydrogen) atoms. The van der Waals surface area contributed by atoms with Crippen molar-refractivity contribution in [1.82, 2.24) is 5.32 Å². The number of hydrogen-bond donors (Lipinski definition) is 3. The van der Waals surface area contributed by atoms with Crippen molar-refractivity contribution >= 4 is 23.2 Å². The van der Waals surface area contributed by atoms with Crippen LogP contribution in [0.5, 0.6) is 0 Å². The van der Waals surface area contributed by atoms with Gasteiger partial charge < -0.3 is 16.2 Å². The molecule has 0 aliphatic heterocycles. The quantitative estimate of drug-likeness (QED) is 0.757. The van der Waals surface area contributed by atoms with Crippen LogP contribution in [0.1, 0.15) is 21.5 Å². The van der Waals surface area contributed by atoms with Crippen LogP contribution in [-0.2, 0) is 13.2 Å². The van der Waals surface area contributed by atoms with Crippen molar-refractivity contribution in [2.75, 3.05) is 5.73 Å². The van der Waals surface area contributed by atoms with Gasteiger partial charge in [0, 0.05) is 6.54 Å². The lowest BCUT2D eigenvalue weighted by Gasteiger charge is -2.09. The zero-order valence-corrected chi connectivity index (χ0v) is 11.5. The number of aliphatic hydroxyl groups is 1. The summed E-state index contributed by atoms with van der Waals surface area (Å²) in [5.74, 6) is -0.281. The Morgan fingerprint density at radius 3 is 2.65 bits per heavy atom. The summed E-state index contributed by atoms with van der Waals surface area (Å²) in [6.07, 6.45) is 0. The predicted octanol–water partition coefficient (Wildman–Crippen LogP) is 2.34. The number of carbonyl (C=O) groups excluding carboxylic acids is 1. The highest BCUT2D eigenvalue weighted by Crippen LogP contribution is 2.22. The van der Waals surface area contributed by atoms with Crippen molar-refractivity contribution in [3.63, 3.8) is 0 Å². The fourth-order valence-electron chi connectivity index (χ4n) is 1.84. The van der Waals surface area contributed by atoms with Crippen LogP contribution in [0.25, 0.3) is 0 Å². The Morgan fingerprint density at radius 2 is 1.90 bits per heavy atom. The number of nitrogens with two attached hydrogens (primary N) is 1. The largest absolute Gasteiger partial charge is 0.398 e. The molecule has 2 rings (SSSR count). The van der Waals surface area contributed by atoms with Gasteiger partial charge in [-0.1, -0.05) is 41.9 Å². The lowest BCUT2D eigenvalue weighted by Crippen LogP contribution is -2.23. The summed E-state index contributed by atoms with van der Waals surface area (Å²) in [5.41, 5.74) is 8.10. The fraction of sp³-hybridized carbons (Fsp3) is 0.133. The van der Waals surface area contributed by atoms with Gasteiger partial charge in [0.15, 0.2) is 0 Å². The Labute approximate surface area is 122 Å². The first-order valence-corrected chi connectivity index (χ1v) is 6.50. The molecule has 0 atom stereocenters. The number of amides is 1. The molecule has 104 valence electrons. The first kappa shape index (κ1) is 14.4. The summed E-state index contributed by atoms with van der Waals surface area (Å²) >= 11 is 6.00. The van der Waals surface area contributed by atoms with Crippen LogP contribution in [0.3, 0.4) is 0 Å². The third kappa shape index (κ3) is 3.29. The zero-order valence-electron chi connectivity index (χ0n) is 10.8. The highest BCUT2D eigenvalue weighted by Gasteiger charge is 2.11. The van der Waals surface area contributed by atoms with E-state index in [1.165, 1.54) is 0 Å². The van der Waals surface area contributed by atoms with E-state index in [0.717, 1.165) is 11.1 Å². The molecule has 0 spiro atoms. The number of nitrogen functional groups attached to an aromatic ring is 1. The fourth-order valence-corrected chi connectivity index (χ4v) is 2.05. The summed E-state index contributed by atoms with van der Waals surface area (Å²) in [6.45, 7) is 0.334. The number of carbonyl (C=O) groups is 1. The predicted molar refractivity (Wildman–Crippen MR) is 79.4 cm³/mol. The molecular formula is C15H15ClN2O2. The van der Waals surface area contributed by atoms with E-state index in [9.17, 15) is 4.79 Å². The third-order valence-corrected chi connectivity index (χ3v) is 3.32. The monoisotopic (exact) mass is 290 g/mol. The number of rotatable bonds is 4. The second kappa shape index (κ2) is 6.41. The molecule has 0 heterocycles. The van der Waals surface area contributed by atoms with Gasteiger partial charge in [-0.25, -0.2) is 0 Å². The van der Waals surface area contributed by atoms with E-state index >= 15 is 0 Å². The van der Waals surface area contributed by atoms with Crippen LogP contribution in [0, 0.1) is 0 Å². The number of hydrogen-bond acceptors (Lipinski definition) is 3. The van der Waals surface area contributed by atoms with Crippen molar-refractivity contribution < 1.29 is 9.90 Å². The van der Waals surface area contributed by atoms with Crippen LogP contribution < -0.4 is 11.1 Å².